The Labute approximate surface area is 143 Å². The third-order valence-corrected chi connectivity index (χ3v) is 6.86. The van der Waals surface area contributed by atoms with E-state index in [-0.39, 0.29) is 11.5 Å². The number of thioether (sulfide) groups is 1. The molecular weight excluding hydrogens is 372 g/mol. The zero-order valence-corrected chi connectivity index (χ0v) is 15.2. The lowest BCUT2D eigenvalue weighted by molar-refractivity contribution is -0.129. The van der Waals surface area contributed by atoms with Crippen LogP contribution >= 0.6 is 39.3 Å². The van der Waals surface area contributed by atoms with Gasteiger partial charge in [-0.2, -0.15) is 11.8 Å². The number of hydrogen-bond donors (Lipinski definition) is 1. The molecule has 1 aromatic carbocycles. The monoisotopic (exact) mass is 390 g/mol. The fraction of sp³-hybridized carbons (Fsp3) is 0.625. The first-order valence-electron chi connectivity index (χ1n) is 7.33. The molecule has 2 aliphatic rings. The lowest BCUT2D eigenvalue weighted by Gasteiger charge is -2.44. The van der Waals surface area contributed by atoms with Crippen LogP contribution in [0, 0.1) is 5.92 Å². The lowest BCUT2D eigenvalue weighted by atomic mass is 9.73. The first-order valence-corrected chi connectivity index (χ1v) is 9.65. The van der Waals surface area contributed by atoms with Crippen LogP contribution in [0.4, 0.5) is 0 Å². The Morgan fingerprint density at radius 3 is 3.00 bits per heavy atom. The Bertz CT molecular complexity index is 529. The number of hydrogen-bond acceptors (Lipinski definition) is 3. The van der Waals surface area contributed by atoms with Gasteiger partial charge in [0.25, 0.3) is 0 Å². The van der Waals surface area contributed by atoms with Crippen molar-refractivity contribution in [3.05, 3.63) is 33.3 Å². The van der Waals surface area contributed by atoms with Gasteiger partial charge in [-0.1, -0.05) is 33.6 Å². The first kappa shape index (κ1) is 16.1. The molecule has 0 aliphatic carbocycles. The van der Waals surface area contributed by atoms with Gasteiger partial charge in [-0.3, -0.25) is 0 Å². The highest BCUT2D eigenvalue weighted by molar-refractivity contribution is 9.10. The number of benzene rings is 1. The van der Waals surface area contributed by atoms with Gasteiger partial charge in [0, 0.05) is 27.4 Å². The van der Waals surface area contributed by atoms with Gasteiger partial charge in [-0.05, 0) is 50.0 Å². The standard InChI is InChI=1S/C16H20BrClO2S/c1-15(19,13-3-2-12(17)8-14(13)18)11-4-6-20-16(9-11)5-7-21-10-16/h2-3,8,11,19H,4-7,9-10H2,1H3. The SMILES string of the molecule is CC(O)(c1ccc(Br)cc1Cl)C1CCOC2(CCSC2)C1. The van der Waals surface area contributed by atoms with Gasteiger partial charge in [-0.15, -0.1) is 0 Å². The minimum Gasteiger partial charge on any atom is -0.385 e. The molecule has 21 heavy (non-hydrogen) atoms. The normalized spacial score (nSPS) is 32.3. The van der Waals surface area contributed by atoms with E-state index in [0.29, 0.717) is 5.02 Å². The van der Waals surface area contributed by atoms with Gasteiger partial charge >= 0.3 is 0 Å². The highest BCUT2D eigenvalue weighted by Crippen LogP contribution is 2.47. The topological polar surface area (TPSA) is 29.5 Å². The smallest absolute Gasteiger partial charge is 0.0912 e. The minimum atomic E-state index is -0.915. The molecule has 2 nitrogen and oxygen atoms in total. The highest BCUT2D eigenvalue weighted by Gasteiger charge is 2.46. The Kier molecular flexibility index (Phi) is 4.64. The minimum absolute atomic E-state index is 0.0284. The maximum absolute atomic E-state index is 11.2. The molecule has 3 unspecified atom stereocenters. The van der Waals surface area contributed by atoms with Crippen LogP contribution in [0.1, 0.15) is 31.7 Å². The van der Waals surface area contributed by atoms with Crippen molar-refractivity contribution < 1.29 is 9.84 Å². The van der Waals surface area contributed by atoms with Crippen molar-refractivity contribution in [2.75, 3.05) is 18.1 Å². The van der Waals surface area contributed by atoms with Gasteiger partial charge in [0.15, 0.2) is 0 Å². The van der Waals surface area contributed by atoms with Crippen molar-refractivity contribution >= 4 is 39.3 Å². The second-order valence-corrected chi connectivity index (χ2v) is 8.72. The summed E-state index contributed by atoms with van der Waals surface area (Å²) in [5, 5.41) is 11.8. The quantitative estimate of drug-likeness (QED) is 0.798. The molecule has 2 saturated heterocycles. The van der Waals surface area contributed by atoms with E-state index >= 15 is 0 Å². The summed E-state index contributed by atoms with van der Waals surface area (Å²) in [6.07, 6.45) is 2.89. The molecule has 1 N–H and O–H groups in total. The van der Waals surface area contributed by atoms with E-state index in [4.69, 9.17) is 16.3 Å². The fourth-order valence-electron chi connectivity index (χ4n) is 3.49. The second kappa shape index (κ2) is 6.04. The van der Waals surface area contributed by atoms with Gasteiger partial charge in [0.2, 0.25) is 0 Å². The van der Waals surface area contributed by atoms with E-state index in [0.717, 1.165) is 47.4 Å². The van der Waals surface area contributed by atoms with Gasteiger partial charge in [0.1, 0.15) is 0 Å². The summed E-state index contributed by atoms with van der Waals surface area (Å²) in [7, 11) is 0. The lowest BCUT2D eigenvalue weighted by Crippen LogP contribution is -2.46. The number of ether oxygens (including phenoxy) is 1. The molecule has 0 aromatic heterocycles. The zero-order chi connectivity index (χ0) is 15.1. The molecule has 1 spiro atoms. The van der Waals surface area contributed by atoms with Gasteiger partial charge in [0.05, 0.1) is 11.2 Å². The molecular formula is C16H20BrClO2S. The number of rotatable bonds is 2. The Morgan fingerprint density at radius 2 is 2.33 bits per heavy atom. The Morgan fingerprint density at radius 1 is 1.52 bits per heavy atom. The van der Waals surface area contributed by atoms with E-state index in [2.05, 4.69) is 15.9 Å². The van der Waals surface area contributed by atoms with Crippen LogP contribution < -0.4 is 0 Å². The molecule has 2 fully saturated rings. The third kappa shape index (κ3) is 3.16. The summed E-state index contributed by atoms with van der Waals surface area (Å²) >= 11 is 11.7. The van der Waals surface area contributed by atoms with Crippen LogP contribution in [0.5, 0.6) is 0 Å². The maximum atomic E-state index is 11.2. The highest BCUT2D eigenvalue weighted by atomic mass is 79.9. The summed E-state index contributed by atoms with van der Waals surface area (Å²) in [4.78, 5) is 0. The van der Waals surface area contributed by atoms with E-state index in [1.165, 1.54) is 0 Å². The molecule has 0 radical (unpaired) electrons. The number of aliphatic hydroxyl groups is 1. The molecule has 1 aromatic rings. The molecule has 0 saturated carbocycles. The van der Waals surface area contributed by atoms with E-state index in [1.807, 2.05) is 36.9 Å². The molecule has 3 atom stereocenters. The van der Waals surface area contributed by atoms with Gasteiger partial charge in [-0.25, -0.2) is 0 Å². The Hall–Kier alpha value is 0.260. The molecule has 2 aliphatic heterocycles. The van der Waals surface area contributed by atoms with Crippen molar-refractivity contribution in [2.24, 2.45) is 5.92 Å². The molecule has 116 valence electrons. The largest absolute Gasteiger partial charge is 0.385 e. The molecule has 0 bridgehead atoms. The first-order chi connectivity index (χ1) is 9.93. The van der Waals surface area contributed by atoms with Crippen LogP contribution in [0.25, 0.3) is 0 Å². The molecule has 3 rings (SSSR count). The van der Waals surface area contributed by atoms with Crippen LogP contribution in [-0.4, -0.2) is 28.8 Å². The average Bonchev–Trinajstić information content (AvgIpc) is 2.86. The zero-order valence-electron chi connectivity index (χ0n) is 12.1. The fourth-order valence-corrected chi connectivity index (χ4v) is 5.73. The van der Waals surface area contributed by atoms with Crippen LogP contribution in [0.3, 0.4) is 0 Å². The summed E-state index contributed by atoms with van der Waals surface area (Å²) in [6.45, 7) is 2.63. The summed E-state index contributed by atoms with van der Waals surface area (Å²) < 4.78 is 7.00. The molecule has 5 heteroatoms. The summed E-state index contributed by atoms with van der Waals surface area (Å²) in [5.41, 5.74) is -0.124. The van der Waals surface area contributed by atoms with Crippen molar-refractivity contribution in [3.8, 4) is 0 Å². The summed E-state index contributed by atoms with van der Waals surface area (Å²) in [6, 6.07) is 5.72. The second-order valence-electron chi connectivity index (χ2n) is 6.30. The van der Waals surface area contributed by atoms with Crippen molar-refractivity contribution in [2.45, 2.75) is 37.4 Å². The van der Waals surface area contributed by atoms with Crippen LogP contribution in [0.2, 0.25) is 5.02 Å². The average molecular weight is 392 g/mol. The predicted octanol–water partition coefficient (Wildman–Crippen LogP) is 4.61. The van der Waals surface area contributed by atoms with Crippen LogP contribution in [0.15, 0.2) is 22.7 Å². The Balaban J connectivity index is 1.86. The van der Waals surface area contributed by atoms with E-state index in [1.54, 1.807) is 0 Å². The molecule has 0 amide bonds. The van der Waals surface area contributed by atoms with Crippen molar-refractivity contribution in [3.63, 3.8) is 0 Å². The van der Waals surface area contributed by atoms with E-state index in [9.17, 15) is 5.11 Å². The molecule has 2 heterocycles. The summed E-state index contributed by atoms with van der Waals surface area (Å²) in [5.74, 6) is 2.39. The van der Waals surface area contributed by atoms with Gasteiger partial charge < -0.3 is 9.84 Å². The van der Waals surface area contributed by atoms with Crippen molar-refractivity contribution in [1.82, 2.24) is 0 Å². The van der Waals surface area contributed by atoms with Crippen molar-refractivity contribution in [1.29, 1.82) is 0 Å². The van der Waals surface area contributed by atoms with E-state index < -0.39 is 5.60 Å². The van der Waals surface area contributed by atoms with Crippen LogP contribution in [-0.2, 0) is 10.3 Å². The predicted molar refractivity (Wildman–Crippen MR) is 92.1 cm³/mol. The maximum Gasteiger partial charge on any atom is 0.0912 e. The number of halogens is 2. The third-order valence-electron chi connectivity index (χ3n) is 4.83.